The largest absolute Gasteiger partial charge is 0.480 e. The highest BCUT2D eigenvalue weighted by molar-refractivity contribution is 7.90. The Kier molecular flexibility index (Phi) is 4.13. The molecule has 1 saturated carbocycles. The highest BCUT2D eigenvalue weighted by Crippen LogP contribution is 2.33. The minimum absolute atomic E-state index is 0.360. The molecule has 0 unspecified atom stereocenters. The summed E-state index contributed by atoms with van der Waals surface area (Å²) >= 11 is 0. The summed E-state index contributed by atoms with van der Waals surface area (Å²) in [4.78, 5) is 11.5. The van der Waals surface area contributed by atoms with Crippen LogP contribution < -0.4 is 4.72 Å². The summed E-state index contributed by atoms with van der Waals surface area (Å²) in [6.45, 7) is 6.76. The number of carboxylic acid groups (broad SMARTS) is 1. The van der Waals surface area contributed by atoms with E-state index in [0.717, 1.165) is 12.8 Å². The number of hydrogen-bond acceptors (Lipinski definition) is 3. The first-order valence-electron chi connectivity index (χ1n) is 6.27. The van der Waals surface area contributed by atoms with Crippen LogP contribution in [0.5, 0.6) is 0 Å². The highest BCUT2D eigenvalue weighted by atomic mass is 32.2. The van der Waals surface area contributed by atoms with Crippen molar-refractivity contribution in [2.75, 3.05) is 0 Å². The zero-order valence-electron chi connectivity index (χ0n) is 11.5. The van der Waals surface area contributed by atoms with Gasteiger partial charge in [-0.3, -0.25) is 4.79 Å². The van der Waals surface area contributed by atoms with Crippen molar-refractivity contribution in [3.05, 3.63) is 0 Å². The van der Waals surface area contributed by atoms with Gasteiger partial charge in [0.15, 0.2) is 0 Å². The van der Waals surface area contributed by atoms with E-state index in [4.69, 9.17) is 0 Å². The fraction of sp³-hybridized carbons (Fsp3) is 0.917. The Bertz CT molecular complexity index is 414. The maximum atomic E-state index is 12.1. The average Bonchev–Trinajstić information content (AvgIpc) is 2.19. The Balaban J connectivity index is 2.99. The van der Waals surface area contributed by atoms with Crippen LogP contribution in [-0.4, -0.2) is 29.8 Å². The Morgan fingerprint density at radius 3 is 2.06 bits per heavy atom. The Hall–Kier alpha value is -0.620. The van der Waals surface area contributed by atoms with Gasteiger partial charge in [0, 0.05) is 0 Å². The summed E-state index contributed by atoms with van der Waals surface area (Å²) in [5.74, 6) is -0.612. The summed E-state index contributed by atoms with van der Waals surface area (Å²) in [6.07, 6.45) is 2.19. The molecular formula is C12H23NO4S. The molecule has 0 atom stereocenters. The summed E-state index contributed by atoms with van der Waals surface area (Å²) in [5.41, 5.74) is -1.32. The zero-order chi connectivity index (χ0) is 14.2. The summed E-state index contributed by atoms with van der Waals surface area (Å²) in [7, 11) is -3.65. The second kappa shape index (κ2) is 4.81. The van der Waals surface area contributed by atoms with Crippen molar-refractivity contribution in [1.29, 1.82) is 0 Å². The average molecular weight is 277 g/mol. The molecule has 1 aliphatic rings. The molecule has 0 bridgehead atoms. The second-order valence-corrected chi connectivity index (χ2v) is 8.72. The third-order valence-electron chi connectivity index (χ3n) is 3.67. The zero-order valence-corrected chi connectivity index (χ0v) is 12.3. The van der Waals surface area contributed by atoms with Crippen LogP contribution in [0.25, 0.3) is 0 Å². The molecule has 0 heterocycles. The van der Waals surface area contributed by atoms with Crippen molar-refractivity contribution >= 4 is 16.0 Å². The molecule has 0 spiro atoms. The number of nitrogens with one attached hydrogen (secondary N) is 1. The highest BCUT2D eigenvalue weighted by Gasteiger charge is 2.46. The van der Waals surface area contributed by atoms with Gasteiger partial charge in [0.1, 0.15) is 5.54 Å². The van der Waals surface area contributed by atoms with Crippen LogP contribution in [0, 0.1) is 5.92 Å². The summed E-state index contributed by atoms with van der Waals surface area (Å²) in [5, 5.41) is 9.38. The van der Waals surface area contributed by atoms with E-state index in [2.05, 4.69) is 11.6 Å². The van der Waals surface area contributed by atoms with Crippen LogP contribution in [0.15, 0.2) is 0 Å². The smallest absolute Gasteiger partial charge is 0.324 e. The number of rotatable bonds is 3. The molecule has 18 heavy (non-hydrogen) atoms. The molecule has 0 radical (unpaired) electrons. The third kappa shape index (κ3) is 3.03. The van der Waals surface area contributed by atoms with Crippen LogP contribution in [0.1, 0.15) is 53.4 Å². The van der Waals surface area contributed by atoms with E-state index < -0.39 is 26.3 Å². The van der Waals surface area contributed by atoms with Gasteiger partial charge in [0.2, 0.25) is 10.0 Å². The maximum absolute atomic E-state index is 12.1. The van der Waals surface area contributed by atoms with Crippen LogP contribution in [0.4, 0.5) is 0 Å². The number of aliphatic carboxylic acids is 1. The van der Waals surface area contributed by atoms with Gasteiger partial charge in [-0.05, 0) is 52.4 Å². The summed E-state index contributed by atoms with van der Waals surface area (Å²) in [6, 6.07) is 0. The van der Waals surface area contributed by atoms with Gasteiger partial charge < -0.3 is 5.11 Å². The maximum Gasteiger partial charge on any atom is 0.324 e. The van der Waals surface area contributed by atoms with Gasteiger partial charge in [-0.1, -0.05) is 6.92 Å². The van der Waals surface area contributed by atoms with E-state index in [-0.39, 0.29) is 0 Å². The van der Waals surface area contributed by atoms with Crippen molar-refractivity contribution in [2.24, 2.45) is 5.92 Å². The predicted molar refractivity (Wildman–Crippen MR) is 69.8 cm³/mol. The van der Waals surface area contributed by atoms with Crippen LogP contribution in [0.2, 0.25) is 0 Å². The first kappa shape index (κ1) is 15.4. The molecule has 6 heteroatoms. The molecule has 0 aromatic heterocycles. The van der Waals surface area contributed by atoms with E-state index >= 15 is 0 Å². The molecule has 1 aliphatic carbocycles. The van der Waals surface area contributed by atoms with Crippen molar-refractivity contribution in [1.82, 2.24) is 4.72 Å². The quantitative estimate of drug-likeness (QED) is 0.823. The molecule has 5 nitrogen and oxygen atoms in total. The van der Waals surface area contributed by atoms with Gasteiger partial charge in [0.25, 0.3) is 0 Å². The van der Waals surface area contributed by atoms with Gasteiger partial charge >= 0.3 is 5.97 Å². The first-order chi connectivity index (χ1) is 8.00. The molecule has 0 aliphatic heterocycles. The lowest BCUT2D eigenvalue weighted by Gasteiger charge is -2.38. The van der Waals surface area contributed by atoms with Crippen molar-refractivity contribution < 1.29 is 18.3 Å². The lowest BCUT2D eigenvalue weighted by molar-refractivity contribution is -0.145. The molecule has 106 valence electrons. The standard InChI is InChI=1S/C12H23NO4S/c1-9-5-7-12(8-6-9,10(14)15)13-18(16,17)11(2,3)4/h9,13H,5-8H2,1-4H3,(H,14,15). The molecular weight excluding hydrogens is 254 g/mol. The Labute approximate surface area is 109 Å². The van der Waals surface area contributed by atoms with Crippen molar-refractivity contribution in [3.8, 4) is 0 Å². The molecule has 2 N–H and O–H groups in total. The second-order valence-electron chi connectivity index (χ2n) is 6.29. The lowest BCUT2D eigenvalue weighted by Crippen LogP contribution is -2.59. The van der Waals surface area contributed by atoms with Crippen LogP contribution >= 0.6 is 0 Å². The number of carboxylic acids is 1. The number of sulfonamides is 1. The molecule has 0 saturated heterocycles. The van der Waals surface area contributed by atoms with E-state index in [1.807, 2.05) is 0 Å². The van der Waals surface area contributed by atoms with Gasteiger partial charge in [-0.2, -0.15) is 4.72 Å². The fourth-order valence-electron chi connectivity index (χ4n) is 2.02. The Morgan fingerprint density at radius 1 is 1.28 bits per heavy atom. The van der Waals surface area contributed by atoms with E-state index in [1.54, 1.807) is 20.8 Å². The monoisotopic (exact) mass is 277 g/mol. The SMILES string of the molecule is CC1CCC(NS(=O)(=O)C(C)(C)C)(C(=O)O)CC1. The topological polar surface area (TPSA) is 83.5 Å². The minimum atomic E-state index is -3.65. The lowest BCUT2D eigenvalue weighted by atomic mass is 9.78. The minimum Gasteiger partial charge on any atom is -0.480 e. The fourth-order valence-corrected chi connectivity index (χ4v) is 3.14. The van der Waals surface area contributed by atoms with E-state index in [9.17, 15) is 18.3 Å². The predicted octanol–water partition coefficient (Wildman–Crippen LogP) is 1.74. The number of hydrogen-bond donors (Lipinski definition) is 2. The van der Waals surface area contributed by atoms with Crippen LogP contribution in [0.3, 0.4) is 0 Å². The van der Waals surface area contributed by atoms with Gasteiger partial charge in [-0.25, -0.2) is 8.42 Å². The molecule has 0 aromatic carbocycles. The van der Waals surface area contributed by atoms with Gasteiger partial charge in [0.05, 0.1) is 4.75 Å². The molecule has 1 fully saturated rings. The molecule has 0 amide bonds. The van der Waals surface area contributed by atoms with Crippen LogP contribution in [-0.2, 0) is 14.8 Å². The van der Waals surface area contributed by atoms with Gasteiger partial charge in [-0.15, -0.1) is 0 Å². The normalized spacial score (nSPS) is 30.1. The van der Waals surface area contributed by atoms with Crippen molar-refractivity contribution in [3.63, 3.8) is 0 Å². The number of carbonyl (C=O) groups is 1. The van der Waals surface area contributed by atoms with Crippen molar-refractivity contribution in [2.45, 2.75) is 63.7 Å². The summed E-state index contributed by atoms with van der Waals surface area (Å²) < 4.78 is 25.7. The van der Waals surface area contributed by atoms with E-state index in [0.29, 0.717) is 18.8 Å². The first-order valence-corrected chi connectivity index (χ1v) is 7.75. The third-order valence-corrected chi connectivity index (χ3v) is 5.94. The van der Waals surface area contributed by atoms with E-state index in [1.165, 1.54) is 0 Å². The molecule has 0 aromatic rings. The molecule has 1 rings (SSSR count). The Morgan fingerprint density at radius 2 is 1.72 bits per heavy atom.